The number of hydrazine groups is 1. The molecule has 1 aliphatic carbocycles. The summed E-state index contributed by atoms with van der Waals surface area (Å²) in [5.74, 6) is 1.05. The van der Waals surface area contributed by atoms with Gasteiger partial charge in [0.1, 0.15) is 0 Å². The van der Waals surface area contributed by atoms with Crippen LogP contribution in [0.5, 0.6) is 0 Å². The largest absolute Gasteiger partial charge is 0.330 e. The van der Waals surface area contributed by atoms with Crippen molar-refractivity contribution in [1.82, 2.24) is 10.0 Å². The molecule has 2 aliphatic rings. The van der Waals surface area contributed by atoms with Gasteiger partial charge in [-0.05, 0) is 31.7 Å². The molecule has 2 N–H and O–H groups in total. The standard InChI is InChI=1S/C10H19N3O/c1-12-9(8-3-4-8)7-10(14)13(12)6-2-5-11/h8-9H,2-7,11H2,1H3. The minimum Gasteiger partial charge on any atom is -0.330 e. The zero-order valence-electron chi connectivity index (χ0n) is 8.78. The van der Waals surface area contributed by atoms with Crippen LogP contribution < -0.4 is 5.73 Å². The molecule has 0 bridgehead atoms. The predicted octanol–water partition coefficient (Wildman–Crippen LogP) is 0.193. The molecule has 1 saturated carbocycles. The Labute approximate surface area is 85.0 Å². The number of hydrogen-bond acceptors (Lipinski definition) is 3. The number of nitrogens with two attached hydrogens (primary N) is 1. The van der Waals surface area contributed by atoms with Crippen molar-refractivity contribution >= 4 is 5.91 Å². The van der Waals surface area contributed by atoms with Crippen LogP contribution in [0.2, 0.25) is 0 Å². The quantitative estimate of drug-likeness (QED) is 0.700. The summed E-state index contributed by atoms with van der Waals surface area (Å²) in [4.78, 5) is 11.7. The van der Waals surface area contributed by atoms with Gasteiger partial charge in [0.15, 0.2) is 0 Å². The van der Waals surface area contributed by atoms with E-state index in [1.807, 2.05) is 12.1 Å². The third kappa shape index (κ3) is 1.77. The molecule has 1 heterocycles. The van der Waals surface area contributed by atoms with E-state index in [0.29, 0.717) is 19.0 Å². The summed E-state index contributed by atoms with van der Waals surface area (Å²) in [7, 11) is 2.03. The average molecular weight is 197 g/mol. The summed E-state index contributed by atoms with van der Waals surface area (Å²) < 4.78 is 0. The van der Waals surface area contributed by atoms with Gasteiger partial charge < -0.3 is 5.73 Å². The zero-order chi connectivity index (χ0) is 10.1. The fraction of sp³-hybridized carbons (Fsp3) is 0.900. The second-order valence-corrected chi connectivity index (χ2v) is 4.34. The van der Waals surface area contributed by atoms with Gasteiger partial charge in [-0.2, -0.15) is 0 Å². The molecule has 14 heavy (non-hydrogen) atoms. The van der Waals surface area contributed by atoms with Gasteiger partial charge in [0.25, 0.3) is 0 Å². The van der Waals surface area contributed by atoms with Crippen LogP contribution >= 0.6 is 0 Å². The van der Waals surface area contributed by atoms with E-state index >= 15 is 0 Å². The van der Waals surface area contributed by atoms with Crippen molar-refractivity contribution in [3.05, 3.63) is 0 Å². The van der Waals surface area contributed by atoms with E-state index in [2.05, 4.69) is 5.01 Å². The summed E-state index contributed by atoms with van der Waals surface area (Å²) in [5, 5.41) is 4.01. The van der Waals surface area contributed by atoms with E-state index < -0.39 is 0 Å². The van der Waals surface area contributed by atoms with Gasteiger partial charge in [-0.15, -0.1) is 0 Å². The molecular weight excluding hydrogens is 178 g/mol. The second kappa shape index (κ2) is 3.87. The van der Waals surface area contributed by atoms with Crippen molar-refractivity contribution in [2.24, 2.45) is 11.7 Å². The Balaban J connectivity index is 1.92. The van der Waals surface area contributed by atoms with Gasteiger partial charge in [-0.3, -0.25) is 9.80 Å². The minimum atomic E-state index is 0.276. The van der Waals surface area contributed by atoms with Crippen molar-refractivity contribution in [2.45, 2.75) is 31.7 Å². The van der Waals surface area contributed by atoms with E-state index in [4.69, 9.17) is 5.73 Å². The van der Waals surface area contributed by atoms with Gasteiger partial charge in [-0.1, -0.05) is 0 Å². The Morgan fingerprint density at radius 3 is 2.79 bits per heavy atom. The highest BCUT2D eigenvalue weighted by atomic mass is 16.2. The molecule has 2 rings (SSSR count). The molecular formula is C10H19N3O. The monoisotopic (exact) mass is 197 g/mol. The summed E-state index contributed by atoms with van der Waals surface area (Å²) >= 11 is 0. The number of rotatable bonds is 4. The van der Waals surface area contributed by atoms with Crippen molar-refractivity contribution in [2.75, 3.05) is 20.1 Å². The molecule has 1 aliphatic heterocycles. The van der Waals surface area contributed by atoms with Crippen molar-refractivity contribution in [3.63, 3.8) is 0 Å². The van der Waals surface area contributed by atoms with Crippen LogP contribution in [-0.2, 0) is 4.79 Å². The average Bonchev–Trinajstić information content (AvgIpc) is 2.94. The topological polar surface area (TPSA) is 49.6 Å². The molecule has 80 valence electrons. The normalized spacial score (nSPS) is 28.9. The van der Waals surface area contributed by atoms with E-state index in [9.17, 15) is 4.79 Å². The first-order chi connectivity index (χ1) is 6.74. The molecule has 0 aromatic carbocycles. The van der Waals surface area contributed by atoms with E-state index in [-0.39, 0.29) is 5.91 Å². The molecule has 4 heteroatoms. The molecule has 1 saturated heterocycles. The highest BCUT2D eigenvalue weighted by molar-refractivity contribution is 5.78. The number of amides is 1. The maximum Gasteiger partial charge on any atom is 0.238 e. The Bertz CT molecular complexity index is 227. The molecule has 1 unspecified atom stereocenters. The van der Waals surface area contributed by atoms with Gasteiger partial charge in [-0.25, -0.2) is 5.01 Å². The number of hydrogen-bond donors (Lipinski definition) is 1. The Morgan fingerprint density at radius 2 is 2.21 bits per heavy atom. The highest BCUT2D eigenvalue weighted by Crippen LogP contribution is 2.39. The minimum absolute atomic E-state index is 0.276. The number of carbonyl (C=O) groups excluding carboxylic acids is 1. The Morgan fingerprint density at radius 1 is 1.50 bits per heavy atom. The summed E-state index contributed by atoms with van der Waals surface area (Å²) in [5.41, 5.74) is 5.45. The lowest BCUT2D eigenvalue weighted by atomic mass is 10.1. The van der Waals surface area contributed by atoms with Gasteiger partial charge in [0.05, 0.1) is 0 Å². The molecule has 0 spiro atoms. The molecule has 2 fully saturated rings. The van der Waals surface area contributed by atoms with Crippen LogP contribution in [0.25, 0.3) is 0 Å². The summed E-state index contributed by atoms with van der Waals surface area (Å²) in [6, 6.07) is 0.472. The number of nitrogens with zero attached hydrogens (tertiary/aromatic N) is 2. The van der Waals surface area contributed by atoms with Gasteiger partial charge in [0, 0.05) is 26.1 Å². The lowest BCUT2D eigenvalue weighted by molar-refractivity contribution is -0.137. The Hall–Kier alpha value is -0.610. The van der Waals surface area contributed by atoms with Crippen LogP contribution in [-0.4, -0.2) is 42.1 Å². The lowest BCUT2D eigenvalue weighted by Crippen LogP contribution is -2.41. The summed E-state index contributed by atoms with van der Waals surface area (Å²) in [6.07, 6.45) is 4.21. The van der Waals surface area contributed by atoms with Crippen molar-refractivity contribution in [1.29, 1.82) is 0 Å². The third-order valence-electron chi connectivity index (χ3n) is 3.27. The first-order valence-corrected chi connectivity index (χ1v) is 5.47. The first-order valence-electron chi connectivity index (χ1n) is 5.47. The molecule has 0 aromatic rings. The zero-order valence-corrected chi connectivity index (χ0v) is 8.78. The van der Waals surface area contributed by atoms with E-state index in [0.717, 1.165) is 18.9 Å². The van der Waals surface area contributed by atoms with Gasteiger partial charge >= 0.3 is 0 Å². The van der Waals surface area contributed by atoms with Crippen molar-refractivity contribution < 1.29 is 4.79 Å². The summed E-state index contributed by atoms with van der Waals surface area (Å²) in [6.45, 7) is 1.45. The highest BCUT2D eigenvalue weighted by Gasteiger charge is 2.43. The molecule has 1 atom stereocenters. The second-order valence-electron chi connectivity index (χ2n) is 4.34. The van der Waals surface area contributed by atoms with E-state index in [1.165, 1.54) is 12.8 Å². The van der Waals surface area contributed by atoms with Crippen LogP contribution in [0.15, 0.2) is 0 Å². The van der Waals surface area contributed by atoms with Crippen LogP contribution in [0, 0.1) is 5.92 Å². The molecule has 0 aromatic heterocycles. The van der Waals surface area contributed by atoms with Crippen molar-refractivity contribution in [3.8, 4) is 0 Å². The maximum absolute atomic E-state index is 11.7. The lowest BCUT2D eigenvalue weighted by Gasteiger charge is -2.28. The van der Waals surface area contributed by atoms with E-state index in [1.54, 1.807) is 0 Å². The fourth-order valence-electron chi connectivity index (χ4n) is 2.25. The molecule has 1 amide bonds. The fourth-order valence-corrected chi connectivity index (χ4v) is 2.25. The van der Waals surface area contributed by atoms with Gasteiger partial charge in [0.2, 0.25) is 5.91 Å². The smallest absolute Gasteiger partial charge is 0.238 e. The SMILES string of the molecule is CN1C(C2CC2)CC(=O)N1CCCN. The first kappa shape index (κ1) is 9.93. The third-order valence-corrected chi connectivity index (χ3v) is 3.27. The number of carbonyl (C=O) groups is 1. The van der Waals surface area contributed by atoms with Crippen LogP contribution in [0.3, 0.4) is 0 Å². The predicted molar refractivity (Wildman–Crippen MR) is 54.3 cm³/mol. The van der Waals surface area contributed by atoms with Crippen LogP contribution in [0.1, 0.15) is 25.7 Å². The molecule has 4 nitrogen and oxygen atoms in total. The maximum atomic E-state index is 11.7. The van der Waals surface area contributed by atoms with Crippen LogP contribution in [0.4, 0.5) is 0 Å². The Kier molecular flexibility index (Phi) is 2.74. The molecule has 0 radical (unpaired) electrons.